The number of carbonyl (C=O) groups is 2. The van der Waals surface area contributed by atoms with E-state index in [2.05, 4.69) is 0 Å². The molecule has 1 aromatic rings. The minimum atomic E-state index is -4.74. The summed E-state index contributed by atoms with van der Waals surface area (Å²) in [7, 11) is -4.06. The van der Waals surface area contributed by atoms with Crippen LogP contribution in [0.2, 0.25) is 0 Å². The smallest absolute Gasteiger partial charge is 0.301 e. The summed E-state index contributed by atoms with van der Waals surface area (Å²) < 4.78 is 62.4. The van der Waals surface area contributed by atoms with Crippen LogP contribution in [0.15, 0.2) is 23.1 Å². The molecule has 1 aromatic carbocycles. The lowest BCUT2D eigenvalue weighted by atomic mass is 9.85. The summed E-state index contributed by atoms with van der Waals surface area (Å²) in [6.45, 7) is 0. The van der Waals surface area contributed by atoms with E-state index in [-0.39, 0.29) is 24.7 Å². The number of sulfone groups is 1. The lowest BCUT2D eigenvalue weighted by Crippen LogP contribution is -2.30. The highest BCUT2D eigenvalue weighted by atomic mass is 32.2. The monoisotopic (exact) mass is 359 g/mol. The van der Waals surface area contributed by atoms with Crippen LogP contribution in [0.25, 0.3) is 0 Å². The molecule has 128 valence electrons. The third-order valence-electron chi connectivity index (χ3n) is 4.00. The highest BCUT2D eigenvalue weighted by molar-refractivity contribution is 7.90. The van der Waals surface area contributed by atoms with Gasteiger partial charge in [0.15, 0.2) is 21.5 Å². The van der Waals surface area contributed by atoms with E-state index in [1.54, 1.807) is 0 Å². The number of halogens is 3. The maximum atomic E-state index is 12.8. The zero-order chi connectivity index (χ0) is 18.3. The Morgan fingerprint density at radius 2 is 1.96 bits per heavy atom. The molecule has 2 rings (SSSR count). The standard InChI is InChI=1S/C15H12F3NO4S/c1-24(22,23)12-6-10(15(16,17)18)2-3-11(12)14(4-5-14)13(21)9(7-19)8-20/h2-3,6,8-9H,4-5H2,1H3. The van der Waals surface area contributed by atoms with Crippen LogP contribution in [-0.4, -0.2) is 26.7 Å². The molecule has 0 spiro atoms. The van der Waals surface area contributed by atoms with Gasteiger partial charge in [0.1, 0.15) is 6.29 Å². The number of hydrogen-bond donors (Lipinski definition) is 0. The van der Waals surface area contributed by atoms with Crippen LogP contribution in [0, 0.1) is 17.2 Å². The first kappa shape index (κ1) is 18.1. The minimum Gasteiger partial charge on any atom is -0.301 e. The molecule has 0 bridgehead atoms. The summed E-state index contributed by atoms with van der Waals surface area (Å²) in [4.78, 5) is 22.6. The Labute approximate surface area is 136 Å². The SMILES string of the molecule is CS(=O)(=O)c1cc(C(F)(F)F)ccc1C1(C(=O)C(C#N)C=O)CC1. The molecular formula is C15H12F3NO4S. The molecule has 0 N–H and O–H groups in total. The molecule has 1 fully saturated rings. The summed E-state index contributed by atoms with van der Waals surface area (Å²) in [5.41, 5.74) is -2.64. The molecule has 1 aliphatic carbocycles. The third-order valence-corrected chi connectivity index (χ3v) is 5.14. The van der Waals surface area contributed by atoms with Crippen molar-refractivity contribution in [3.63, 3.8) is 0 Å². The Bertz CT molecular complexity index is 848. The fourth-order valence-corrected chi connectivity index (χ4v) is 3.63. The Morgan fingerprint density at radius 1 is 1.38 bits per heavy atom. The van der Waals surface area contributed by atoms with Crippen molar-refractivity contribution in [2.45, 2.75) is 29.3 Å². The average Bonchev–Trinajstić information content (AvgIpc) is 3.27. The van der Waals surface area contributed by atoms with E-state index in [9.17, 15) is 31.2 Å². The van der Waals surface area contributed by atoms with Gasteiger partial charge >= 0.3 is 6.18 Å². The molecule has 0 heterocycles. The number of Topliss-reactive ketones (excluding diaryl/α,β-unsaturated/α-hetero) is 1. The van der Waals surface area contributed by atoms with Gasteiger partial charge in [-0.1, -0.05) is 6.07 Å². The van der Waals surface area contributed by atoms with Crippen molar-refractivity contribution in [2.75, 3.05) is 6.26 Å². The van der Waals surface area contributed by atoms with E-state index in [1.807, 2.05) is 0 Å². The van der Waals surface area contributed by atoms with E-state index in [4.69, 9.17) is 5.26 Å². The van der Waals surface area contributed by atoms with Crippen LogP contribution in [0.5, 0.6) is 0 Å². The van der Waals surface area contributed by atoms with Gasteiger partial charge in [0, 0.05) is 6.26 Å². The summed E-state index contributed by atoms with van der Waals surface area (Å²) in [5.74, 6) is -2.37. The van der Waals surface area contributed by atoms with E-state index < -0.39 is 43.6 Å². The second-order valence-corrected chi connectivity index (χ2v) is 7.65. The molecular weight excluding hydrogens is 347 g/mol. The largest absolute Gasteiger partial charge is 0.416 e. The number of nitrogens with zero attached hydrogens (tertiary/aromatic N) is 1. The van der Waals surface area contributed by atoms with Crippen molar-refractivity contribution in [1.29, 1.82) is 5.26 Å². The van der Waals surface area contributed by atoms with Crippen LogP contribution in [-0.2, 0) is 31.0 Å². The van der Waals surface area contributed by atoms with Gasteiger partial charge < -0.3 is 4.79 Å². The van der Waals surface area contributed by atoms with Gasteiger partial charge in [-0.15, -0.1) is 0 Å². The van der Waals surface area contributed by atoms with Crippen LogP contribution in [0.3, 0.4) is 0 Å². The Balaban J connectivity index is 2.65. The summed E-state index contributed by atoms with van der Waals surface area (Å²) in [5, 5.41) is 8.85. The quantitative estimate of drug-likeness (QED) is 0.593. The van der Waals surface area contributed by atoms with Crippen LogP contribution in [0.4, 0.5) is 13.2 Å². The van der Waals surface area contributed by atoms with Crippen molar-refractivity contribution in [3.05, 3.63) is 29.3 Å². The summed E-state index contributed by atoms with van der Waals surface area (Å²) in [6.07, 6.45) is -3.51. The van der Waals surface area contributed by atoms with Crippen LogP contribution < -0.4 is 0 Å². The van der Waals surface area contributed by atoms with Gasteiger partial charge in [-0.05, 0) is 30.5 Å². The minimum absolute atomic E-state index is 0.0925. The first-order valence-corrected chi connectivity index (χ1v) is 8.67. The highest BCUT2D eigenvalue weighted by Crippen LogP contribution is 2.52. The molecule has 24 heavy (non-hydrogen) atoms. The maximum Gasteiger partial charge on any atom is 0.416 e. The van der Waals surface area contributed by atoms with E-state index in [0.29, 0.717) is 12.1 Å². The fourth-order valence-electron chi connectivity index (χ4n) is 2.62. The van der Waals surface area contributed by atoms with Gasteiger partial charge in [0.25, 0.3) is 0 Å². The lowest BCUT2D eigenvalue weighted by molar-refractivity contribution is -0.137. The van der Waals surface area contributed by atoms with Gasteiger partial charge in [0.05, 0.1) is 21.9 Å². The molecule has 1 aliphatic rings. The van der Waals surface area contributed by atoms with Crippen LogP contribution in [0.1, 0.15) is 24.0 Å². The van der Waals surface area contributed by atoms with Crippen molar-refractivity contribution in [3.8, 4) is 6.07 Å². The molecule has 1 unspecified atom stereocenters. The number of nitriles is 1. The molecule has 0 radical (unpaired) electrons. The number of benzene rings is 1. The van der Waals surface area contributed by atoms with Gasteiger partial charge in [-0.2, -0.15) is 18.4 Å². The Hall–Kier alpha value is -2.21. The lowest BCUT2D eigenvalue weighted by Gasteiger charge is -2.20. The number of ketones is 1. The Morgan fingerprint density at radius 3 is 2.33 bits per heavy atom. The molecule has 0 aromatic heterocycles. The predicted molar refractivity (Wildman–Crippen MR) is 75.6 cm³/mol. The first-order chi connectivity index (χ1) is 11.0. The number of alkyl halides is 3. The normalized spacial score (nSPS) is 17.6. The second-order valence-electron chi connectivity index (χ2n) is 5.67. The van der Waals surface area contributed by atoms with Crippen molar-refractivity contribution in [2.24, 2.45) is 5.92 Å². The molecule has 0 aliphatic heterocycles. The number of carbonyl (C=O) groups excluding carboxylic acids is 2. The maximum absolute atomic E-state index is 12.8. The molecule has 1 atom stereocenters. The number of aldehydes is 1. The average molecular weight is 359 g/mol. The van der Waals surface area contributed by atoms with Crippen molar-refractivity contribution >= 4 is 21.9 Å². The predicted octanol–water partition coefficient (Wildman–Crippen LogP) is 2.05. The van der Waals surface area contributed by atoms with Crippen molar-refractivity contribution in [1.82, 2.24) is 0 Å². The number of rotatable bonds is 5. The van der Waals surface area contributed by atoms with Crippen molar-refractivity contribution < 1.29 is 31.2 Å². The van der Waals surface area contributed by atoms with Gasteiger partial charge in [-0.25, -0.2) is 8.42 Å². The van der Waals surface area contributed by atoms with Gasteiger partial charge in [0.2, 0.25) is 0 Å². The first-order valence-electron chi connectivity index (χ1n) is 6.78. The summed E-state index contributed by atoms with van der Waals surface area (Å²) in [6, 6.07) is 3.64. The van der Waals surface area contributed by atoms with Crippen LogP contribution >= 0.6 is 0 Å². The summed E-state index contributed by atoms with van der Waals surface area (Å²) >= 11 is 0. The number of hydrogen-bond acceptors (Lipinski definition) is 5. The van der Waals surface area contributed by atoms with E-state index in [1.165, 1.54) is 6.07 Å². The third kappa shape index (κ3) is 3.06. The molecule has 9 heteroatoms. The molecule has 0 saturated heterocycles. The van der Waals surface area contributed by atoms with E-state index in [0.717, 1.165) is 12.3 Å². The van der Waals surface area contributed by atoms with E-state index >= 15 is 0 Å². The Kier molecular flexibility index (Phi) is 4.31. The molecule has 0 amide bonds. The molecule has 1 saturated carbocycles. The zero-order valence-corrected chi connectivity index (χ0v) is 13.2. The topological polar surface area (TPSA) is 92.1 Å². The fraction of sp³-hybridized carbons (Fsp3) is 0.400. The second kappa shape index (κ2) is 5.70. The zero-order valence-electron chi connectivity index (χ0n) is 12.4. The highest BCUT2D eigenvalue weighted by Gasteiger charge is 2.55. The molecule has 5 nitrogen and oxygen atoms in total. The van der Waals surface area contributed by atoms with Gasteiger partial charge in [-0.3, -0.25) is 4.79 Å².